The summed E-state index contributed by atoms with van der Waals surface area (Å²) in [5.41, 5.74) is 1.00. The first-order valence-corrected chi connectivity index (χ1v) is 10.9. The van der Waals surface area contributed by atoms with Crippen molar-refractivity contribution in [3.63, 3.8) is 0 Å². The number of hydrogen-bond acceptors (Lipinski definition) is 5. The molecular weight excluding hydrogens is 438 g/mol. The molecule has 2 aromatic heterocycles. The van der Waals surface area contributed by atoms with Crippen molar-refractivity contribution in [3.05, 3.63) is 59.7 Å². The molecule has 0 radical (unpaired) electrons. The zero-order chi connectivity index (χ0) is 23.1. The number of carbonyl (C=O) groups is 3. The fraction of sp³-hybridized carbons (Fsp3) is 0.160. The van der Waals surface area contributed by atoms with E-state index in [1.54, 1.807) is 16.7 Å². The van der Waals surface area contributed by atoms with Gasteiger partial charge in [0, 0.05) is 28.0 Å². The lowest BCUT2D eigenvalue weighted by Gasteiger charge is -2.26. The highest BCUT2D eigenvalue weighted by Gasteiger charge is 2.58. The van der Waals surface area contributed by atoms with Gasteiger partial charge >= 0.3 is 5.97 Å². The smallest absolute Gasteiger partial charge is 0.340 e. The quantitative estimate of drug-likeness (QED) is 0.335. The molecule has 3 N–H and O–H groups in total. The van der Waals surface area contributed by atoms with Gasteiger partial charge in [-0.3, -0.25) is 14.9 Å². The van der Waals surface area contributed by atoms with Crippen molar-refractivity contribution in [3.8, 4) is 0 Å². The fourth-order valence-electron chi connectivity index (χ4n) is 6.27. The molecule has 5 heterocycles. The zero-order valence-electron chi connectivity index (χ0n) is 17.4. The predicted octanol–water partition coefficient (Wildman–Crippen LogP) is 3.03. The summed E-state index contributed by atoms with van der Waals surface area (Å²) in [4.78, 5) is 38.5. The van der Waals surface area contributed by atoms with Gasteiger partial charge in [0.15, 0.2) is 6.23 Å². The van der Waals surface area contributed by atoms with Crippen molar-refractivity contribution in [1.82, 2.24) is 14.5 Å². The Morgan fingerprint density at radius 2 is 1.44 bits per heavy atom. The first-order chi connectivity index (χ1) is 16.4. The SMILES string of the molecule is O=C1NC(=O)c2c1c1c3ccccc3n3c1c1c2c2ccccc2n1[C@@H]1O[C@H]3C[C@@]1(O)C(=O)O. The van der Waals surface area contributed by atoms with E-state index in [2.05, 4.69) is 5.32 Å². The summed E-state index contributed by atoms with van der Waals surface area (Å²) in [6, 6.07) is 14.7. The predicted molar refractivity (Wildman–Crippen MR) is 121 cm³/mol. The number of nitrogens with one attached hydrogen (secondary N) is 1. The topological polar surface area (TPSA) is 123 Å². The summed E-state index contributed by atoms with van der Waals surface area (Å²) < 4.78 is 9.86. The lowest BCUT2D eigenvalue weighted by Crippen LogP contribution is -2.43. The summed E-state index contributed by atoms with van der Waals surface area (Å²) in [6.45, 7) is 0. The van der Waals surface area contributed by atoms with E-state index in [1.165, 1.54) is 0 Å². The van der Waals surface area contributed by atoms with Gasteiger partial charge in [0.05, 0.1) is 33.2 Å². The summed E-state index contributed by atoms with van der Waals surface area (Å²) in [6.07, 6.45) is -2.18. The molecule has 9 nitrogen and oxygen atoms in total. The summed E-state index contributed by atoms with van der Waals surface area (Å²) >= 11 is 0. The highest BCUT2D eigenvalue weighted by Crippen LogP contribution is 2.55. The summed E-state index contributed by atoms with van der Waals surface area (Å²) in [5, 5.41) is 26.5. The second kappa shape index (κ2) is 5.46. The van der Waals surface area contributed by atoms with Gasteiger partial charge in [0.25, 0.3) is 11.8 Å². The van der Waals surface area contributed by atoms with E-state index < -0.39 is 35.8 Å². The van der Waals surface area contributed by atoms with Gasteiger partial charge in [-0.05, 0) is 12.1 Å². The number of fused-ring (bicyclic) bond motifs is 13. The number of benzene rings is 3. The number of imide groups is 1. The van der Waals surface area contributed by atoms with E-state index in [1.807, 2.05) is 41.0 Å². The third-order valence-electron chi connectivity index (χ3n) is 7.55. The number of aromatic nitrogens is 2. The maximum Gasteiger partial charge on any atom is 0.340 e. The van der Waals surface area contributed by atoms with Crippen LogP contribution < -0.4 is 5.32 Å². The molecule has 2 amide bonds. The maximum atomic E-state index is 13.1. The van der Waals surface area contributed by atoms with E-state index in [0.717, 1.165) is 10.9 Å². The van der Waals surface area contributed by atoms with Gasteiger partial charge in [-0.2, -0.15) is 0 Å². The number of amides is 2. The molecule has 166 valence electrons. The highest BCUT2D eigenvalue weighted by atomic mass is 16.6. The Labute approximate surface area is 189 Å². The van der Waals surface area contributed by atoms with Gasteiger partial charge < -0.3 is 24.1 Å². The number of carboxylic acids is 1. The Bertz CT molecular complexity index is 1850. The van der Waals surface area contributed by atoms with Crippen LogP contribution >= 0.6 is 0 Å². The van der Waals surface area contributed by atoms with Crippen LogP contribution in [-0.2, 0) is 9.53 Å². The van der Waals surface area contributed by atoms with Crippen LogP contribution in [0.15, 0.2) is 48.5 Å². The van der Waals surface area contributed by atoms with Crippen molar-refractivity contribution in [2.24, 2.45) is 0 Å². The third-order valence-corrected chi connectivity index (χ3v) is 7.55. The molecule has 0 unspecified atom stereocenters. The third kappa shape index (κ3) is 1.75. The lowest BCUT2D eigenvalue weighted by molar-refractivity contribution is -0.170. The van der Waals surface area contributed by atoms with Crippen LogP contribution in [0.25, 0.3) is 43.6 Å². The monoisotopic (exact) mass is 453 g/mol. The van der Waals surface area contributed by atoms with E-state index in [9.17, 15) is 24.6 Å². The highest BCUT2D eigenvalue weighted by molar-refractivity contribution is 6.39. The van der Waals surface area contributed by atoms with Crippen molar-refractivity contribution in [2.45, 2.75) is 24.5 Å². The number of carboxylic acid groups (broad SMARTS) is 1. The standard InChI is InChI=1S/C25H15N3O6/c29-21-17-15-10-5-1-3-7-12(10)27-14-9-25(33,24(31)32)23(34-14)28-13-8-4-2-6-11(13)16(20(28)19(15)27)18(17)22(30)26-21/h1-8,14,23,33H,9H2,(H,31,32)(H,26,29,30)/t14-,23+,25-/m0/s1. The Morgan fingerprint density at radius 1 is 0.912 bits per heavy atom. The molecule has 1 fully saturated rings. The fourth-order valence-corrected chi connectivity index (χ4v) is 6.27. The Morgan fingerprint density at radius 3 is 2.03 bits per heavy atom. The number of nitrogens with zero attached hydrogens (tertiary/aromatic N) is 2. The molecule has 0 saturated carbocycles. The van der Waals surface area contributed by atoms with Crippen molar-refractivity contribution in [1.29, 1.82) is 0 Å². The maximum absolute atomic E-state index is 13.1. The van der Waals surface area contributed by atoms with Crippen LogP contribution in [0.4, 0.5) is 0 Å². The first-order valence-electron chi connectivity index (χ1n) is 10.9. The van der Waals surface area contributed by atoms with Crippen LogP contribution in [0.5, 0.6) is 0 Å². The second-order valence-corrected chi connectivity index (χ2v) is 9.13. The molecule has 34 heavy (non-hydrogen) atoms. The molecule has 3 aromatic carbocycles. The van der Waals surface area contributed by atoms with Crippen LogP contribution in [0.2, 0.25) is 0 Å². The Balaban J connectivity index is 1.76. The van der Waals surface area contributed by atoms with Gasteiger partial charge in [-0.15, -0.1) is 0 Å². The van der Waals surface area contributed by atoms with Crippen molar-refractivity contribution >= 4 is 61.4 Å². The number of ether oxygens (including phenoxy) is 1. The number of aliphatic hydroxyl groups is 1. The molecular formula is C25H15N3O6. The van der Waals surface area contributed by atoms with E-state index in [4.69, 9.17) is 4.74 Å². The molecule has 5 aromatic rings. The van der Waals surface area contributed by atoms with E-state index >= 15 is 0 Å². The molecule has 1 saturated heterocycles. The normalized spacial score (nSPS) is 25.1. The van der Waals surface area contributed by atoms with Crippen LogP contribution in [0, 0.1) is 0 Å². The molecule has 3 aliphatic heterocycles. The van der Waals surface area contributed by atoms with E-state index in [-0.39, 0.29) is 12.0 Å². The molecule has 2 bridgehead atoms. The number of rotatable bonds is 1. The van der Waals surface area contributed by atoms with E-state index in [0.29, 0.717) is 38.3 Å². The molecule has 3 atom stereocenters. The lowest BCUT2D eigenvalue weighted by atomic mass is 9.95. The molecule has 8 rings (SSSR count). The number of carbonyl (C=O) groups excluding carboxylic acids is 2. The van der Waals surface area contributed by atoms with Crippen LogP contribution in [-0.4, -0.2) is 42.7 Å². The zero-order valence-corrected chi connectivity index (χ0v) is 17.4. The van der Waals surface area contributed by atoms with Gasteiger partial charge in [0.1, 0.15) is 6.23 Å². The van der Waals surface area contributed by atoms with Crippen molar-refractivity contribution in [2.75, 3.05) is 0 Å². The minimum atomic E-state index is -2.19. The van der Waals surface area contributed by atoms with Gasteiger partial charge in [-0.25, -0.2) is 4.79 Å². The number of hydrogen-bond donors (Lipinski definition) is 3. The number of aliphatic carboxylic acids is 1. The average molecular weight is 453 g/mol. The van der Waals surface area contributed by atoms with Crippen LogP contribution in [0.3, 0.4) is 0 Å². The molecule has 0 spiro atoms. The molecule has 3 aliphatic rings. The van der Waals surface area contributed by atoms with Crippen LogP contribution in [0.1, 0.15) is 39.6 Å². The Hall–Kier alpha value is -4.21. The van der Waals surface area contributed by atoms with Crippen molar-refractivity contribution < 1.29 is 29.3 Å². The van der Waals surface area contributed by atoms with Gasteiger partial charge in [-0.1, -0.05) is 36.4 Å². The minimum Gasteiger partial charge on any atom is -0.479 e. The molecule has 9 heteroatoms. The Kier molecular flexibility index (Phi) is 2.93. The summed E-state index contributed by atoms with van der Waals surface area (Å²) in [5.74, 6) is -2.33. The first kappa shape index (κ1) is 18.2. The number of para-hydroxylation sites is 2. The molecule has 0 aliphatic carbocycles. The summed E-state index contributed by atoms with van der Waals surface area (Å²) in [7, 11) is 0. The van der Waals surface area contributed by atoms with Gasteiger partial charge in [0.2, 0.25) is 5.60 Å². The largest absolute Gasteiger partial charge is 0.479 e. The second-order valence-electron chi connectivity index (χ2n) is 9.13. The average Bonchev–Trinajstić information content (AvgIpc) is 3.49. The minimum absolute atomic E-state index is 0.170.